The van der Waals surface area contributed by atoms with Gasteiger partial charge in [0.25, 0.3) is 0 Å². The Bertz CT molecular complexity index is 297. The first kappa shape index (κ1) is 12.8. The minimum Gasteiger partial charge on any atom is -0.313 e. The van der Waals surface area contributed by atoms with Gasteiger partial charge in [0.05, 0.1) is 5.03 Å². The van der Waals surface area contributed by atoms with Gasteiger partial charge in [-0.3, -0.25) is 0 Å². The van der Waals surface area contributed by atoms with Gasteiger partial charge in [0.2, 0.25) is 0 Å². The fourth-order valence-corrected chi connectivity index (χ4v) is 2.97. The lowest BCUT2D eigenvalue weighted by Gasteiger charge is -2.15. The van der Waals surface area contributed by atoms with Crippen LogP contribution in [0.25, 0.3) is 0 Å². The third-order valence-corrected chi connectivity index (χ3v) is 4.14. The molecule has 94 valence electrons. The van der Waals surface area contributed by atoms with Gasteiger partial charge in [0, 0.05) is 24.5 Å². The first-order chi connectivity index (χ1) is 8.45. The van der Waals surface area contributed by atoms with Gasteiger partial charge in [-0.1, -0.05) is 25.7 Å². The van der Waals surface area contributed by atoms with Gasteiger partial charge in [-0.25, -0.2) is 9.97 Å². The summed E-state index contributed by atoms with van der Waals surface area (Å²) >= 11 is 1.80. The summed E-state index contributed by atoms with van der Waals surface area (Å²) in [5, 5.41) is 4.74. The summed E-state index contributed by atoms with van der Waals surface area (Å²) in [4.78, 5) is 8.12. The second kappa shape index (κ2) is 7.67. The molecule has 4 heteroatoms. The normalized spacial score (nSPS) is 17.9. The van der Waals surface area contributed by atoms with E-state index in [1.165, 1.54) is 38.5 Å². The number of aromatic nitrogens is 2. The van der Waals surface area contributed by atoms with Crippen molar-refractivity contribution in [2.45, 2.75) is 49.6 Å². The number of hydrogen-bond acceptors (Lipinski definition) is 4. The summed E-state index contributed by atoms with van der Waals surface area (Å²) in [5.41, 5.74) is 0. The average Bonchev–Trinajstić information content (AvgIpc) is 2.65. The fraction of sp³-hybridized carbons (Fsp3) is 0.692. The van der Waals surface area contributed by atoms with Crippen molar-refractivity contribution in [1.29, 1.82) is 0 Å². The summed E-state index contributed by atoms with van der Waals surface area (Å²) < 4.78 is 0. The van der Waals surface area contributed by atoms with Gasteiger partial charge in [0.1, 0.15) is 6.33 Å². The predicted molar refractivity (Wildman–Crippen MR) is 72.2 cm³/mol. The Morgan fingerprint density at radius 1 is 1.24 bits per heavy atom. The van der Waals surface area contributed by atoms with Crippen molar-refractivity contribution in [3.8, 4) is 0 Å². The molecule has 0 spiro atoms. The monoisotopic (exact) mass is 251 g/mol. The van der Waals surface area contributed by atoms with Crippen molar-refractivity contribution in [2.24, 2.45) is 0 Å². The van der Waals surface area contributed by atoms with Crippen molar-refractivity contribution >= 4 is 11.8 Å². The number of rotatable bonds is 5. The third kappa shape index (κ3) is 5.04. The molecular weight excluding hydrogens is 230 g/mol. The van der Waals surface area contributed by atoms with Gasteiger partial charge in [-0.05, 0) is 18.9 Å². The average molecular weight is 251 g/mol. The second-order valence-electron chi connectivity index (χ2n) is 4.54. The van der Waals surface area contributed by atoms with E-state index in [-0.39, 0.29) is 0 Å². The van der Waals surface area contributed by atoms with Gasteiger partial charge < -0.3 is 5.32 Å². The van der Waals surface area contributed by atoms with Crippen molar-refractivity contribution in [1.82, 2.24) is 15.3 Å². The molecule has 0 atom stereocenters. The Labute approximate surface area is 108 Å². The lowest BCUT2D eigenvalue weighted by atomic mass is 10.1. The van der Waals surface area contributed by atoms with E-state index in [1.807, 2.05) is 6.07 Å². The minimum absolute atomic E-state index is 0.753. The molecule has 1 aliphatic carbocycles. The molecule has 0 bridgehead atoms. The highest BCUT2D eigenvalue weighted by molar-refractivity contribution is 7.99. The van der Waals surface area contributed by atoms with Crippen molar-refractivity contribution < 1.29 is 0 Å². The molecule has 3 nitrogen and oxygen atoms in total. The molecule has 0 aliphatic heterocycles. The Kier molecular flexibility index (Phi) is 5.79. The molecule has 1 N–H and O–H groups in total. The zero-order valence-electron chi connectivity index (χ0n) is 10.3. The fourth-order valence-electron chi connectivity index (χ4n) is 2.27. The quantitative estimate of drug-likeness (QED) is 0.378. The van der Waals surface area contributed by atoms with E-state index >= 15 is 0 Å². The summed E-state index contributed by atoms with van der Waals surface area (Å²) in [6.45, 7) is 1.08. The Balaban J connectivity index is 1.59. The highest BCUT2D eigenvalue weighted by Gasteiger charge is 2.10. The molecular formula is C13H21N3S. The maximum absolute atomic E-state index is 4.20. The van der Waals surface area contributed by atoms with E-state index in [9.17, 15) is 0 Å². The van der Waals surface area contributed by atoms with Gasteiger partial charge in [-0.2, -0.15) is 0 Å². The second-order valence-corrected chi connectivity index (χ2v) is 5.65. The number of thioether (sulfide) groups is 1. The molecule has 17 heavy (non-hydrogen) atoms. The Morgan fingerprint density at radius 2 is 2.06 bits per heavy atom. The van der Waals surface area contributed by atoms with Crippen molar-refractivity contribution in [3.63, 3.8) is 0 Å². The Morgan fingerprint density at radius 3 is 2.76 bits per heavy atom. The molecule has 1 fully saturated rings. The van der Waals surface area contributed by atoms with E-state index < -0.39 is 0 Å². The van der Waals surface area contributed by atoms with E-state index in [0.717, 1.165) is 23.4 Å². The van der Waals surface area contributed by atoms with Crippen molar-refractivity contribution in [2.75, 3.05) is 12.3 Å². The summed E-state index contributed by atoms with van der Waals surface area (Å²) in [6, 6.07) is 2.72. The molecule has 0 unspecified atom stereocenters. The zero-order chi connectivity index (χ0) is 11.8. The van der Waals surface area contributed by atoms with Crippen LogP contribution in [0.1, 0.15) is 38.5 Å². The van der Waals surface area contributed by atoms with Crippen LogP contribution in [0.2, 0.25) is 0 Å². The largest absolute Gasteiger partial charge is 0.313 e. The first-order valence-electron chi connectivity index (χ1n) is 6.57. The van der Waals surface area contributed by atoms with Crippen LogP contribution in [-0.2, 0) is 0 Å². The van der Waals surface area contributed by atoms with E-state index in [1.54, 1.807) is 24.3 Å². The molecule has 1 aliphatic rings. The topological polar surface area (TPSA) is 37.8 Å². The van der Waals surface area contributed by atoms with Crippen LogP contribution in [0.5, 0.6) is 0 Å². The summed E-state index contributed by atoms with van der Waals surface area (Å²) in [5.74, 6) is 1.09. The first-order valence-corrected chi connectivity index (χ1v) is 7.56. The Hall–Kier alpha value is -0.610. The molecule has 0 aromatic carbocycles. The number of hydrogen-bond donors (Lipinski definition) is 1. The minimum atomic E-state index is 0.753. The SMILES string of the molecule is c1cc(SCCNC2CCCCCC2)ncn1. The van der Waals surface area contributed by atoms with Crippen LogP contribution in [0.15, 0.2) is 23.6 Å². The molecule has 1 heterocycles. The van der Waals surface area contributed by atoms with Crippen molar-refractivity contribution in [3.05, 3.63) is 18.6 Å². The van der Waals surface area contributed by atoms with Crippen LogP contribution in [-0.4, -0.2) is 28.3 Å². The van der Waals surface area contributed by atoms with E-state index in [0.29, 0.717) is 0 Å². The highest BCUT2D eigenvalue weighted by Crippen LogP contribution is 2.17. The third-order valence-electron chi connectivity index (χ3n) is 3.20. The molecule has 1 aromatic heterocycles. The van der Waals surface area contributed by atoms with E-state index in [2.05, 4.69) is 15.3 Å². The lowest BCUT2D eigenvalue weighted by molar-refractivity contribution is 0.474. The smallest absolute Gasteiger partial charge is 0.116 e. The summed E-state index contributed by atoms with van der Waals surface area (Å²) in [7, 11) is 0. The van der Waals surface area contributed by atoms with Crippen LogP contribution in [0.3, 0.4) is 0 Å². The maximum Gasteiger partial charge on any atom is 0.116 e. The number of nitrogens with zero attached hydrogens (tertiary/aromatic N) is 2. The van der Waals surface area contributed by atoms with Gasteiger partial charge in [0.15, 0.2) is 0 Å². The molecule has 0 amide bonds. The standard InChI is InChI=1S/C13H21N3S/c1-2-4-6-12(5-3-1)15-9-10-17-13-7-8-14-11-16-13/h7-8,11-12,15H,1-6,9-10H2. The zero-order valence-corrected chi connectivity index (χ0v) is 11.1. The molecule has 1 aromatic rings. The van der Waals surface area contributed by atoms with Crippen LogP contribution in [0.4, 0.5) is 0 Å². The molecule has 1 saturated carbocycles. The predicted octanol–water partition coefficient (Wildman–Crippen LogP) is 2.88. The molecule has 0 radical (unpaired) electrons. The van der Waals surface area contributed by atoms with Crippen LogP contribution >= 0.6 is 11.8 Å². The highest BCUT2D eigenvalue weighted by atomic mass is 32.2. The van der Waals surface area contributed by atoms with Gasteiger partial charge >= 0.3 is 0 Å². The van der Waals surface area contributed by atoms with E-state index in [4.69, 9.17) is 0 Å². The van der Waals surface area contributed by atoms with Crippen LogP contribution < -0.4 is 5.32 Å². The molecule has 0 saturated heterocycles. The summed E-state index contributed by atoms with van der Waals surface area (Å²) in [6.07, 6.45) is 11.8. The lowest BCUT2D eigenvalue weighted by Crippen LogP contribution is -2.30. The number of nitrogens with one attached hydrogen (secondary N) is 1. The van der Waals surface area contributed by atoms with Gasteiger partial charge in [-0.15, -0.1) is 11.8 Å². The maximum atomic E-state index is 4.20. The molecule has 2 rings (SSSR count). The van der Waals surface area contributed by atoms with Crippen LogP contribution in [0, 0.1) is 0 Å².